The summed E-state index contributed by atoms with van der Waals surface area (Å²) in [4.78, 5) is 29.5. The molecule has 5 rings (SSSR count). The highest BCUT2D eigenvalue weighted by Gasteiger charge is 2.35. The van der Waals surface area contributed by atoms with Crippen LogP contribution in [0, 0.1) is 5.92 Å². The van der Waals surface area contributed by atoms with Crippen LogP contribution in [0.25, 0.3) is 0 Å². The van der Waals surface area contributed by atoms with Gasteiger partial charge in [-0.15, -0.1) is 10.2 Å². The van der Waals surface area contributed by atoms with E-state index in [1.165, 1.54) is 16.9 Å². The first kappa shape index (κ1) is 24.8. The fraction of sp³-hybridized carbons (Fsp3) is 0.385. The van der Waals surface area contributed by atoms with Gasteiger partial charge in [-0.3, -0.25) is 14.5 Å². The van der Waals surface area contributed by atoms with Crippen LogP contribution in [0.3, 0.4) is 0 Å². The minimum atomic E-state index is -0.427. The standard InChI is InChI=1S/C26H28ClN5O3S/c1-31(22-15-35-16-22)13-18-4-9-21(10-5-18)32-14-19(12-24(32)33)25(34)28-26-30-29-23(36-26)11-6-17-2-7-20(27)8-3-17/h2-5,7-10,19,22H,6,11-16H2,1H3,(H,28,30,34). The monoisotopic (exact) mass is 525 g/mol. The van der Waals surface area contributed by atoms with Crippen molar-refractivity contribution in [3.8, 4) is 0 Å². The molecule has 1 aromatic heterocycles. The number of nitrogens with zero attached hydrogens (tertiary/aromatic N) is 4. The number of aryl methyl sites for hydroxylation is 2. The van der Waals surface area contributed by atoms with Gasteiger partial charge in [0.1, 0.15) is 5.01 Å². The van der Waals surface area contributed by atoms with Crippen molar-refractivity contribution in [2.45, 2.75) is 31.8 Å². The van der Waals surface area contributed by atoms with Crippen molar-refractivity contribution in [2.75, 3.05) is 37.0 Å². The van der Waals surface area contributed by atoms with Gasteiger partial charge in [-0.1, -0.05) is 47.2 Å². The predicted molar refractivity (Wildman–Crippen MR) is 140 cm³/mol. The third kappa shape index (κ3) is 5.92. The maximum absolute atomic E-state index is 12.9. The molecule has 1 atom stereocenters. The zero-order chi connectivity index (χ0) is 25.1. The molecule has 2 aliphatic rings. The van der Waals surface area contributed by atoms with Gasteiger partial charge in [-0.25, -0.2) is 0 Å². The molecule has 0 aliphatic carbocycles. The highest BCUT2D eigenvalue weighted by molar-refractivity contribution is 7.15. The Hall–Kier alpha value is -2.85. The number of anilines is 2. The normalized spacial score (nSPS) is 18.0. The molecule has 2 saturated heterocycles. The Kier molecular flexibility index (Phi) is 7.62. The predicted octanol–water partition coefficient (Wildman–Crippen LogP) is 3.80. The lowest BCUT2D eigenvalue weighted by atomic mass is 10.1. The summed E-state index contributed by atoms with van der Waals surface area (Å²) >= 11 is 7.30. The largest absolute Gasteiger partial charge is 0.378 e. The molecule has 0 bridgehead atoms. The summed E-state index contributed by atoms with van der Waals surface area (Å²) in [5.41, 5.74) is 3.16. The van der Waals surface area contributed by atoms with Crippen molar-refractivity contribution in [1.82, 2.24) is 15.1 Å². The Labute approximate surface area is 219 Å². The van der Waals surface area contributed by atoms with Gasteiger partial charge in [-0.05, 0) is 48.9 Å². The quantitative estimate of drug-likeness (QED) is 0.457. The van der Waals surface area contributed by atoms with Gasteiger partial charge in [-0.2, -0.15) is 0 Å². The smallest absolute Gasteiger partial charge is 0.231 e. The van der Waals surface area contributed by atoms with Crippen LogP contribution in [-0.2, 0) is 33.7 Å². The van der Waals surface area contributed by atoms with Crippen LogP contribution in [-0.4, -0.2) is 59.8 Å². The number of hydrogen-bond acceptors (Lipinski definition) is 7. The zero-order valence-electron chi connectivity index (χ0n) is 20.0. The zero-order valence-corrected chi connectivity index (χ0v) is 21.6. The molecule has 0 radical (unpaired) electrons. The number of ether oxygens (including phenoxy) is 1. The molecule has 0 spiro atoms. The second kappa shape index (κ2) is 11.0. The molecule has 0 saturated carbocycles. The molecular formula is C26H28ClN5O3S. The molecule has 2 aromatic carbocycles. The Morgan fingerprint density at radius 2 is 1.83 bits per heavy atom. The average Bonchev–Trinajstić information content (AvgIpc) is 3.44. The summed E-state index contributed by atoms with van der Waals surface area (Å²) in [6.07, 6.45) is 1.72. The van der Waals surface area contributed by atoms with Gasteiger partial charge in [0.2, 0.25) is 16.9 Å². The van der Waals surface area contributed by atoms with Gasteiger partial charge < -0.3 is 15.0 Å². The Morgan fingerprint density at radius 1 is 1.11 bits per heavy atom. The molecule has 3 aromatic rings. The van der Waals surface area contributed by atoms with Crippen molar-refractivity contribution in [2.24, 2.45) is 5.92 Å². The van der Waals surface area contributed by atoms with E-state index in [0.717, 1.165) is 48.9 Å². The fourth-order valence-corrected chi connectivity index (χ4v) is 5.19. The average molecular weight is 526 g/mol. The number of amides is 2. The number of carbonyl (C=O) groups excluding carboxylic acids is 2. The number of carbonyl (C=O) groups is 2. The SMILES string of the molecule is CN(Cc1ccc(N2CC(C(=O)Nc3nnc(CCc4ccc(Cl)cc4)s3)CC2=O)cc1)C1COC1. The van der Waals surface area contributed by atoms with Crippen LogP contribution in [0.4, 0.5) is 10.8 Å². The Bertz CT molecular complexity index is 1210. The summed E-state index contributed by atoms with van der Waals surface area (Å²) in [5, 5.41) is 13.2. The number of rotatable bonds is 9. The van der Waals surface area contributed by atoms with E-state index in [0.29, 0.717) is 22.7 Å². The molecule has 2 fully saturated rings. The van der Waals surface area contributed by atoms with Crippen LogP contribution in [0.2, 0.25) is 5.02 Å². The van der Waals surface area contributed by atoms with Crippen LogP contribution in [0.15, 0.2) is 48.5 Å². The van der Waals surface area contributed by atoms with E-state index < -0.39 is 5.92 Å². The van der Waals surface area contributed by atoms with E-state index in [1.54, 1.807) is 4.90 Å². The van der Waals surface area contributed by atoms with Crippen molar-refractivity contribution < 1.29 is 14.3 Å². The summed E-state index contributed by atoms with van der Waals surface area (Å²) in [5.74, 6) is -0.678. The van der Waals surface area contributed by atoms with E-state index in [9.17, 15) is 9.59 Å². The summed E-state index contributed by atoms with van der Waals surface area (Å²) in [6.45, 7) is 2.74. The second-order valence-corrected chi connectivity index (χ2v) is 10.8. The summed E-state index contributed by atoms with van der Waals surface area (Å²) in [7, 11) is 2.09. The lowest BCUT2D eigenvalue weighted by molar-refractivity contribution is -0.122. The lowest BCUT2D eigenvalue weighted by Gasteiger charge is -2.34. The molecule has 1 unspecified atom stereocenters. The van der Waals surface area contributed by atoms with Gasteiger partial charge in [0.15, 0.2) is 0 Å². The van der Waals surface area contributed by atoms with Gasteiger partial charge >= 0.3 is 0 Å². The first-order valence-corrected chi connectivity index (χ1v) is 13.2. The van der Waals surface area contributed by atoms with E-state index in [4.69, 9.17) is 16.3 Å². The minimum absolute atomic E-state index is 0.0486. The van der Waals surface area contributed by atoms with Gasteiger partial charge in [0.05, 0.1) is 25.2 Å². The molecule has 2 amide bonds. The third-order valence-corrected chi connectivity index (χ3v) is 7.81. The number of benzene rings is 2. The summed E-state index contributed by atoms with van der Waals surface area (Å²) in [6, 6.07) is 16.2. The highest BCUT2D eigenvalue weighted by Crippen LogP contribution is 2.27. The van der Waals surface area contributed by atoms with Crippen molar-refractivity contribution in [3.63, 3.8) is 0 Å². The number of halogens is 1. The third-order valence-electron chi connectivity index (χ3n) is 6.66. The molecule has 1 N–H and O–H groups in total. The van der Waals surface area contributed by atoms with Crippen LogP contribution in [0.5, 0.6) is 0 Å². The van der Waals surface area contributed by atoms with E-state index in [1.807, 2.05) is 48.5 Å². The first-order chi connectivity index (χ1) is 17.4. The van der Waals surface area contributed by atoms with Gasteiger partial charge in [0.25, 0.3) is 0 Å². The Morgan fingerprint density at radius 3 is 2.53 bits per heavy atom. The van der Waals surface area contributed by atoms with Crippen LogP contribution >= 0.6 is 22.9 Å². The van der Waals surface area contributed by atoms with Crippen molar-refractivity contribution in [1.29, 1.82) is 0 Å². The molecule has 36 heavy (non-hydrogen) atoms. The lowest BCUT2D eigenvalue weighted by Crippen LogP contribution is -2.46. The molecular weight excluding hydrogens is 498 g/mol. The van der Waals surface area contributed by atoms with E-state index in [2.05, 4.69) is 27.5 Å². The van der Waals surface area contributed by atoms with E-state index in [-0.39, 0.29) is 18.2 Å². The van der Waals surface area contributed by atoms with Gasteiger partial charge in [0, 0.05) is 36.6 Å². The molecule has 2 aliphatic heterocycles. The van der Waals surface area contributed by atoms with Crippen LogP contribution < -0.4 is 10.2 Å². The van der Waals surface area contributed by atoms with Crippen molar-refractivity contribution in [3.05, 3.63) is 69.7 Å². The number of aromatic nitrogens is 2. The highest BCUT2D eigenvalue weighted by atomic mass is 35.5. The number of hydrogen-bond donors (Lipinski definition) is 1. The molecule has 3 heterocycles. The number of nitrogens with one attached hydrogen (secondary N) is 1. The van der Waals surface area contributed by atoms with E-state index >= 15 is 0 Å². The van der Waals surface area contributed by atoms with Crippen molar-refractivity contribution >= 4 is 45.6 Å². The fourth-order valence-electron chi connectivity index (χ4n) is 4.32. The number of likely N-dealkylation sites (N-methyl/N-ethyl adjacent to an activating group) is 1. The Balaban J connectivity index is 1.12. The minimum Gasteiger partial charge on any atom is -0.378 e. The molecule has 8 nitrogen and oxygen atoms in total. The molecule has 10 heteroatoms. The summed E-state index contributed by atoms with van der Waals surface area (Å²) < 4.78 is 5.26. The maximum atomic E-state index is 12.9. The molecule has 188 valence electrons. The second-order valence-electron chi connectivity index (χ2n) is 9.29. The van der Waals surface area contributed by atoms with Crippen LogP contribution in [0.1, 0.15) is 22.6 Å². The maximum Gasteiger partial charge on any atom is 0.231 e. The topological polar surface area (TPSA) is 87.7 Å². The first-order valence-electron chi connectivity index (χ1n) is 12.0.